The molecule has 10 heteroatoms. The van der Waals surface area contributed by atoms with Crippen molar-refractivity contribution >= 4 is 28.7 Å². The van der Waals surface area contributed by atoms with Crippen molar-refractivity contribution in [1.82, 2.24) is 19.9 Å². The van der Waals surface area contributed by atoms with E-state index in [1.165, 1.54) is 23.7 Å². The molecule has 1 saturated heterocycles. The number of carbonyl (C=O) groups excluding carboxylic acids is 1. The predicted molar refractivity (Wildman–Crippen MR) is 121 cm³/mol. The molecule has 0 bridgehead atoms. The average Bonchev–Trinajstić information content (AvgIpc) is 3.33. The number of rotatable bonds is 6. The van der Waals surface area contributed by atoms with Crippen LogP contribution in [-0.2, 0) is 19.1 Å². The molecule has 1 aromatic carbocycles. The molecule has 4 rings (SSSR count). The summed E-state index contributed by atoms with van der Waals surface area (Å²) >= 11 is 7.10. The molecule has 0 aliphatic carbocycles. The Bertz CT molecular complexity index is 1160. The lowest BCUT2D eigenvalue weighted by Gasteiger charge is -2.20. The van der Waals surface area contributed by atoms with Crippen LogP contribution >= 0.6 is 22.9 Å². The van der Waals surface area contributed by atoms with Gasteiger partial charge in [0.1, 0.15) is 15.9 Å². The van der Waals surface area contributed by atoms with Crippen molar-refractivity contribution in [1.29, 1.82) is 0 Å². The first-order valence-electron chi connectivity index (χ1n) is 10.5. The van der Waals surface area contributed by atoms with Crippen molar-refractivity contribution in [2.75, 3.05) is 6.54 Å². The summed E-state index contributed by atoms with van der Waals surface area (Å²) in [4.78, 5) is 28.3. The van der Waals surface area contributed by atoms with Crippen LogP contribution < -0.4 is 0 Å². The Hall–Kier alpha value is -2.36. The molecule has 1 fully saturated rings. The number of alkyl halides is 3. The number of benzene rings is 1. The van der Waals surface area contributed by atoms with Gasteiger partial charge in [0.15, 0.2) is 5.78 Å². The molecule has 174 valence electrons. The fourth-order valence-electron chi connectivity index (χ4n) is 3.99. The zero-order valence-electron chi connectivity index (χ0n) is 18.1. The highest BCUT2D eigenvalue weighted by Gasteiger charge is 2.32. The molecular weight excluding hydrogens is 473 g/mol. The van der Waals surface area contributed by atoms with Crippen molar-refractivity contribution < 1.29 is 18.0 Å². The molecule has 0 radical (unpaired) electrons. The van der Waals surface area contributed by atoms with E-state index in [9.17, 15) is 18.0 Å². The monoisotopic (exact) mass is 494 g/mol. The van der Waals surface area contributed by atoms with E-state index in [1.54, 1.807) is 13.0 Å². The summed E-state index contributed by atoms with van der Waals surface area (Å²) in [5, 5.41) is 0.716. The Balaban J connectivity index is 1.70. The van der Waals surface area contributed by atoms with Crippen molar-refractivity contribution in [2.24, 2.45) is 0 Å². The van der Waals surface area contributed by atoms with E-state index in [-0.39, 0.29) is 23.1 Å². The van der Waals surface area contributed by atoms with Crippen LogP contribution in [0.2, 0.25) is 5.15 Å². The predicted octanol–water partition coefficient (Wildman–Crippen LogP) is 5.99. The Morgan fingerprint density at radius 2 is 2.03 bits per heavy atom. The molecular formula is C23H22ClF3N4OS. The smallest absolute Gasteiger partial charge is 0.296 e. The van der Waals surface area contributed by atoms with E-state index >= 15 is 0 Å². The van der Waals surface area contributed by atoms with Crippen LogP contribution in [0.25, 0.3) is 11.3 Å². The van der Waals surface area contributed by atoms with Crippen LogP contribution in [0.1, 0.15) is 51.3 Å². The second-order valence-corrected chi connectivity index (χ2v) is 9.81. The molecule has 0 unspecified atom stereocenters. The summed E-state index contributed by atoms with van der Waals surface area (Å²) in [6, 6.07) is 4.35. The van der Waals surface area contributed by atoms with Gasteiger partial charge in [0, 0.05) is 23.0 Å². The zero-order chi connectivity index (χ0) is 23.8. The maximum atomic E-state index is 13.4. The highest BCUT2D eigenvalue weighted by molar-refractivity contribution is 7.12. The number of aromatic nitrogens is 3. The Kier molecular flexibility index (Phi) is 6.83. The van der Waals surface area contributed by atoms with Gasteiger partial charge in [0.2, 0.25) is 0 Å². The SMILES string of the molecule is Cc1cc(-c2nc(CC(=O)c3cnc(Cl)cn3)sc2CN2CCC[C@H]2C)cc(C(F)(F)F)c1. The summed E-state index contributed by atoms with van der Waals surface area (Å²) in [6.07, 6.45) is 0.305. The molecule has 0 saturated carbocycles. The molecule has 33 heavy (non-hydrogen) atoms. The number of hydrogen-bond acceptors (Lipinski definition) is 6. The lowest BCUT2D eigenvalue weighted by Crippen LogP contribution is -2.25. The topological polar surface area (TPSA) is 59.0 Å². The summed E-state index contributed by atoms with van der Waals surface area (Å²) in [5.74, 6) is -0.277. The van der Waals surface area contributed by atoms with Crippen LogP contribution in [0.4, 0.5) is 13.2 Å². The van der Waals surface area contributed by atoms with Gasteiger partial charge in [0.05, 0.1) is 30.1 Å². The molecule has 3 aromatic rings. The van der Waals surface area contributed by atoms with Crippen LogP contribution in [0.15, 0.2) is 30.6 Å². The number of Topliss-reactive ketones (excluding diaryl/α,β-unsaturated/α-hetero) is 1. The highest BCUT2D eigenvalue weighted by atomic mass is 35.5. The Morgan fingerprint density at radius 1 is 1.24 bits per heavy atom. The van der Waals surface area contributed by atoms with E-state index in [0.717, 1.165) is 36.4 Å². The quantitative estimate of drug-likeness (QED) is 0.394. The number of thiazole rings is 1. The summed E-state index contributed by atoms with van der Waals surface area (Å²) < 4.78 is 40.3. The van der Waals surface area contributed by atoms with Gasteiger partial charge < -0.3 is 0 Å². The fourth-order valence-corrected chi connectivity index (χ4v) is 5.20. The minimum absolute atomic E-state index is 0.0124. The molecule has 1 aliphatic heterocycles. The molecule has 2 aromatic heterocycles. The maximum absolute atomic E-state index is 13.4. The first-order valence-corrected chi connectivity index (χ1v) is 11.7. The zero-order valence-corrected chi connectivity index (χ0v) is 19.7. The number of hydrogen-bond donors (Lipinski definition) is 0. The standard InChI is InChI=1S/C23H22ClF3N4OS/c1-13-6-15(8-16(7-13)23(25,26)27)22-19(12-31-5-3-4-14(31)2)33-21(30-22)9-18(32)17-10-29-20(24)11-28-17/h6-8,10-11,14H,3-5,9,12H2,1-2H3/t14-/m1/s1. The third-order valence-corrected chi connectivity index (χ3v) is 6.91. The molecule has 5 nitrogen and oxygen atoms in total. The van der Waals surface area contributed by atoms with Gasteiger partial charge in [-0.1, -0.05) is 11.6 Å². The van der Waals surface area contributed by atoms with E-state index in [1.807, 2.05) is 0 Å². The van der Waals surface area contributed by atoms with E-state index in [2.05, 4.69) is 26.8 Å². The van der Waals surface area contributed by atoms with Crippen molar-refractivity contribution in [3.8, 4) is 11.3 Å². The van der Waals surface area contributed by atoms with Gasteiger partial charge in [-0.3, -0.25) is 9.69 Å². The third kappa shape index (κ3) is 5.59. The van der Waals surface area contributed by atoms with Crippen molar-refractivity contribution in [3.05, 3.63) is 62.5 Å². The first kappa shape index (κ1) is 23.8. The number of ketones is 1. The molecule has 0 N–H and O–H groups in total. The van der Waals surface area contributed by atoms with E-state index in [0.29, 0.717) is 34.4 Å². The van der Waals surface area contributed by atoms with Crippen LogP contribution in [0, 0.1) is 6.92 Å². The Labute approximate surface area is 198 Å². The van der Waals surface area contributed by atoms with Gasteiger partial charge in [-0.15, -0.1) is 11.3 Å². The molecule has 1 aliphatic rings. The maximum Gasteiger partial charge on any atom is 0.416 e. The average molecular weight is 495 g/mol. The number of nitrogens with zero attached hydrogens (tertiary/aromatic N) is 4. The lowest BCUT2D eigenvalue weighted by molar-refractivity contribution is -0.137. The summed E-state index contributed by atoms with van der Waals surface area (Å²) in [6.45, 7) is 5.29. The molecule has 3 heterocycles. The van der Waals surface area contributed by atoms with Gasteiger partial charge in [-0.05, 0) is 57.0 Å². The van der Waals surface area contributed by atoms with Crippen LogP contribution in [-0.4, -0.2) is 38.2 Å². The van der Waals surface area contributed by atoms with E-state index < -0.39 is 11.7 Å². The first-order chi connectivity index (χ1) is 15.6. The largest absolute Gasteiger partial charge is 0.416 e. The number of halogens is 4. The minimum atomic E-state index is -4.45. The second-order valence-electron chi connectivity index (χ2n) is 8.25. The summed E-state index contributed by atoms with van der Waals surface area (Å²) in [5.41, 5.74) is 0.868. The van der Waals surface area contributed by atoms with Crippen LogP contribution in [0.3, 0.4) is 0 Å². The number of carbonyl (C=O) groups is 1. The van der Waals surface area contributed by atoms with Crippen LogP contribution in [0.5, 0.6) is 0 Å². The third-order valence-electron chi connectivity index (χ3n) is 5.67. The van der Waals surface area contributed by atoms with Crippen molar-refractivity contribution in [2.45, 2.75) is 51.9 Å². The lowest BCUT2D eigenvalue weighted by atomic mass is 10.0. The fraction of sp³-hybridized carbons (Fsp3) is 0.391. The molecule has 0 spiro atoms. The van der Waals surface area contributed by atoms with E-state index in [4.69, 9.17) is 11.6 Å². The van der Waals surface area contributed by atoms with Gasteiger partial charge in [0.25, 0.3) is 0 Å². The van der Waals surface area contributed by atoms with Gasteiger partial charge in [-0.2, -0.15) is 13.2 Å². The normalized spacial score (nSPS) is 17.0. The Morgan fingerprint density at radius 3 is 2.67 bits per heavy atom. The van der Waals surface area contributed by atoms with Gasteiger partial charge in [-0.25, -0.2) is 15.0 Å². The minimum Gasteiger partial charge on any atom is -0.296 e. The summed E-state index contributed by atoms with van der Waals surface area (Å²) in [7, 11) is 0. The second kappa shape index (κ2) is 9.48. The highest BCUT2D eigenvalue weighted by Crippen LogP contribution is 2.37. The molecule has 1 atom stereocenters. The number of aryl methyl sites for hydroxylation is 1. The van der Waals surface area contributed by atoms with Gasteiger partial charge >= 0.3 is 6.18 Å². The van der Waals surface area contributed by atoms with Crippen molar-refractivity contribution in [3.63, 3.8) is 0 Å². The molecule has 0 amide bonds. The number of likely N-dealkylation sites (tertiary alicyclic amines) is 1.